The second-order valence-corrected chi connectivity index (χ2v) is 7.69. The molecule has 0 aliphatic heterocycles. The Hall–Kier alpha value is -4.32. The van der Waals surface area contributed by atoms with E-state index in [-0.39, 0.29) is 22.2 Å². The molecule has 0 fully saturated rings. The number of hydrogen-bond donors (Lipinski definition) is 2. The number of nitrogens with one attached hydrogen (secondary N) is 1. The topological polar surface area (TPSA) is 91.9 Å². The average Bonchev–Trinajstić information content (AvgIpc) is 2.79. The molecule has 0 aliphatic rings. The van der Waals surface area contributed by atoms with Gasteiger partial charge in [0, 0.05) is 18.3 Å². The van der Waals surface area contributed by atoms with Gasteiger partial charge in [0.2, 0.25) is 5.43 Å². The van der Waals surface area contributed by atoms with Gasteiger partial charge in [-0.2, -0.15) is 13.2 Å². The Morgan fingerprint density at radius 3 is 2.57 bits per heavy atom. The molecule has 0 aliphatic carbocycles. The minimum atomic E-state index is -5.02. The monoisotopic (exact) mass is 482 g/mol. The second-order valence-electron chi connectivity index (χ2n) is 7.69. The summed E-state index contributed by atoms with van der Waals surface area (Å²) >= 11 is 0. The van der Waals surface area contributed by atoms with Crippen molar-refractivity contribution < 1.29 is 27.5 Å². The highest BCUT2D eigenvalue weighted by Gasteiger charge is 2.40. The molecule has 0 saturated heterocycles. The van der Waals surface area contributed by atoms with Crippen molar-refractivity contribution in [1.29, 1.82) is 0 Å². The first-order chi connectivity index (χ1) is 16.5. The lowest BCUT2D eigenvalue weighted by Gasteiger charge is -2.20. The number of carboxylic acid groups (broad SMARTS) is 1. The van der Waals surface area contributed by atoms with Crippen molar-refractivity contribution in [2.24, 2.45) is 4.99 Å². The van der Waals surface area contributed by atoms with Gasteiger partial charge in [-0.1, -0.05) is 24.1 Å². The molecule has 9 heteroatoms. The van der Waals surface area contributed by atoms with Gasteiger partial charge in [0.1, 0.15) is 16.9 Å². The highest BCUT2D eigenvalue weighted by atomic mass is 19.4. The number of alkyl halides is 3. The van der Waals surface area contributed by atoms with Gasteiger partial charge in [0.05, 0.1) is 17.0 Å². The molecule has 180 valence electrons. The van der Waals surface area contributed by atoms with Crippen LogP contribution in [0.3, 0.4) is 0 Å². The summed E-state index contributed by atoms with van der Waals surface area (Å²) in [7, 11) is 1.25. The lowest BCUT2D eigenvalue weighted by Crippen LogP contribution is -2.25. The first-order valence-electron chi connectivity index (χ1n) is 10.4. The summed E-state index contributed by atoms with van der Waals surface area (Å²) < 4.78 is 47.7. The standard InChI is InChI=1S/C26H21F3N2O4/c1-5-6-10-20(30-4)24-21(26(27,28)29)22(32)18-13-14(2)12-17(23(18)35-24)15(3)31-19-11-8-7-9-16(19)25(33)34/h1,6-13,15,31H,2-4H3,(H,33,34)/b10-6-,30-20?. The molecule has 0 bridgehead atoms. The minimum Gasteiger partial charge on any atom is -0.478 e. The molecule has 1 aromatic heterocycles. The van der Waals surface area contributed by atoms with E-state index in [9.17, 15) is 27.9 Å². The summed E-state index contributed by atoms with van der Waals surface area (Å²) in [5.41, 5.74) is -1.87. The SMILES string of the molecule is C#C/C=C\C(=NC)c1oc2c(C(C)Nc3ccccc3C(=O)O)cc(C)cc2c(=O)c1C(F)(F)F. The lowest BCUT2D eigenvalue weighted by atomic mass is 9.98. The Morgan fingerprint density at radius 1 is 1.29 bits per heavy atom. The molecule has 2 N–H and O–H groups in total. The van der Waals surface area contributed by atoms with Crippen LogP contribution < -0.4 is 10.7 Å². The van der Waals surface area contributed by atoms with Crippen LogP contribution >= 0.6 is 0 Å². The average molecular weight is 482 g/mol. The van der Waals surface area contributed by atoms with E-state index in [0.717, 1.165) is 12.2 Å². The van der Waals surface area contributed by atoms with Crippen molar-refractivity contribution in [1.82, 2.24) is 0 Å². The fourth-order valence-corrected chi connectivity index (χ4v) is 3.72. The van der Waals surface area contributed by atoms with E-state index >= 15 is 0 Å². The third-order valence-electron chi connectivity index (χ3n) is 5.26. The fourth-order valence-electron chi connectivity index (χ4n) is 3.72. The summed E-state index contributed by atoms with van der Waals surface area (Å²) in [5, 5.41) is 12.3. The first kappa shape index (κ1) is 25.3. The summed E-state index contributed by atoms with van der Waals surface area (Å²) in [4.78, 5) is 28.5. The Morgan fingerprint density at radius 2 is 1.97 bits per heavy atom. The van der Waals surface area contributed by atoms with E-state index in [1.165, 1.54) is 19.2 Å². The van der Waals surface area contributed by atoms with Crippen molar-refractivity contribution in [2.45, 2.75) is 26.1 Å². The molecule has 2 aromatic carbocycles. The Kier molecular flexibility index (Phi) is 7.15. The number of carbonyl (C=O) groups is 1. The predicted octanol–water partition coefficient (Wildman–Crippen LogP) is 5.60. The Labute approximate surface area is 198 Å². The molecular weight excluding hydrogens is 461 g/mol. The third-order valence-corrected chi connectivity index (χ3v) is 5.26. The largest absolute Gasteiger partial charge is 0.478 e. The highest BCUT2D eigenvalue weighted by molar-refractivity contribution is 6.08. The summed E-state index contributed by atoms with van der Waals surface area (Å²) in [6.45, 7) is 3.31. The molecule has 35 heavy (non-hydrogen) atoms. The Balaban J connectivity index is 2.32. The normalized spacial score (nSPS) is 13.1. The van der Waals surface area contributed by atoms with Gasteiger partial charge >= 0.3 is 12.1 Å². The third kappa shape index (κ3) is 5.11. The van der Waals surface area contributed by atoms with Crippen molar-refractivity contribution in [3.8, 4) is 12.3 Å². The molecule has 1 unspecified atom stereocenters. The number of aryl methyl sites for hydroxylation is 1. The summed E-state index contributed by atoms with van der Waals surface area (Å²) in [6, 6.07) is 8.53. The fraction of sp³-hybridized carbons (Fsp3) is 0.192. The van der Waals surface area contributed by atoms with E-state index in [2.05, 4.69) is 16.2 Å². The molecule has 1 heterocycles. The molecule has 0 radical (unpaired) electrons. The second kappa shape index (κ2) is 9.89. The van der Waals surface area contributed by atoms with Gasteiger partial charge < -0.3 is 14.8 Å². The number of terminal acetylenes is 1. The molecule has 3 aromatic rings. The van der Waals surface area contributed by atoms with E-state index < -0.39 is 34.9 Å². The van der Waals surface area contributed by atoms with Crippen molar-refractivity contribution in [2.75, 3.05) is 12.4 Å². The number of allylic oxidation sites excluding steroid dienone is 2. The van der Waals surface area contributed by atoms with Crippen molar-refractivity contribution in [3.05, 3.63) is 86.8 Å². The zero-order valence-electron chi connectivity index (χ0n) is 19.0. The summed E-state index contributed by atoms with van der Waals surface area (Å²) in [6.07, 6.45) is 2.47. The van der Waals surface area contributed by atoms with Gasteiger partial charge in [-0.15, -0.1) is 6.42 Å². The maximum atomic E-state index is 14.0. The van der Waals surface area contributed by atoms with Gasteiger partial charge in [0.15, 0.2) is 5.76 Å². The van der Waals surface area contributed by atoms with Crippen LogP contribution in [-0.4, -0.2) is 23.8 Å². The van der Waals surface area contributed by atoms with Crippen LogP contribution in [0.15, 0.2) is 62.8 Å². The zero-order chi connectivity index (χ0) is 25.9. The van der Waals surface area contributed by atoms with Crippen molar-refractivity contribution in [3.63, 3.8) is 0 Å². The quantitative estimate of drug-likeness (QED) is 0.353. The van der Waals surface area contributed by atoms with E-state index in [0.29, 0.717) is 16.8 Å². The van der Waals surface area contributed by atoms with Gasteiger partial charge in [-0.3, -0.25) is 9.79 Å². The number of aromatic carboxylic acids is 1. The van der Waals surface area contributed by atoms with E-state index in [4.69, 9.17) is 10.8 Å². The molecular formula is C26H21F3N2O4. The lowest BCUT2D eigenvalue weighted by molar-refractivity contribution is -0.139. The van der Waals surface area contributed by atoms with Crippen LogP contribution in [0.2, 0.25) is 0 Å². The molecule has 0 amide bonds. The van der Waals surface area contributed by atoms with Crippen molar-refractivity contribution >= 4 is 28.3 Å². The minimum absolute atomic E-state index is 0.0117. The molecule has 6 nitrogen and oxygen atoms in total. The smallest absolute Gasteiger partial charge is 0.423 e. The number of para-hydroxylation sites is 1. The van der Waals surface area contributed by atoms with Crippen LogP contribution in [0.5, 0.6) is 0 Å². The number of nitrogens with zero attached hydrogens (tertiary/aromatic N) is 1. The first-order valence-corrected chi connectivity index (χ1v) is 10.4. The number of carboxylic acids is 1. The maximum absolute atomic E-state index is 14.0. The van der Waals surface area contributed by atoms with E-state index in [1.54, 1.807) is 38.1 Å². The number of benzene rings is 2. The number of aliphatic imine (C=N–C) groups is 1. The number of halogens is 3. The highest BCUT2D eigenvalue weighted by Crippen LogP contribution is 2.35. The molecule has 3 rings (SSSR count). The molecule has 0 spiro atoms. The zero-order valence-corrected chi connectivity index (χ0v) is 19.0. The molecule has 0 saturated carbocycles. The number of hydrogen-bond acceptors (Lipinski definition) is 5. The predicted molar refractivity (Wildman–Crippen MR) is 128 cm³/mol. The van der Waals surface area contributed by atoms with Crippen LogP contribution in [0.1, 0.15) is 45.8 Å². The van der Waals surface area contributed by atoms with Crippen LogP contribution in [-0.2, 0) is 6.18 Å². The van der Waals surface area contributed by atoms with Crippen LogP contribution in [0, 0.1) is 19.3 Å². The van der Waals surface area contributed by atoms with Crippen LogP contribution in [0.4, 0.5) is 18.9 Å². The molecule has 1 atom stereocenters. The van der Waals surface area contributed by atoms with Gasteiger partial charge in [-0.05, 0) is 49.8 Å². The number of fused-ring (bicyclic) bond motifs is 1. The maximum Gasteiger partial charge on any atom is 0.423 e. The summed E-state index contributed by atoms with van der Waals surface area (Å²) in [5.74, 6) is 0.263. The van der Waals surface area contributed by atoms with Gasteiger partial charge in [0.25, 0.3) is 0 Å². The number of anilines is 1. The van der Waals surface area contributed by atoms with Crippen LogP contribution in [0.25, 0.3) is 11.0 Å². The Bertz CT molecular complexity index is 1460. The van der Waals surface area contributed by atoms with Gasteiger partial charge in [-0.25, -0.2) is 4.79 Å². The number of rotatable bonds is 6. The van der Waals surface area contributed by atoms with E-state index in [1.807, 2.05) is 0 Å².